The maximum Gasteiger partial charge on any atom is 0.265 e. The standard InChI is InChI=1S/C26H28N2O6S/c1-4-28(17-19-7-11-22-24(15-19)34-14-13-33-22)26(29)20-8-12-23(32-3)25(16-20)35(30,31)27-21-9-5-18(2)6-10-21/h5-12,15-16,27H,4,13-14,17H2,1-3H3. The molecule has 8 nitrogen and oxygen atoms in total. The second-order valence-electron chi connectivity index (χ2n) is 8.13. The van der Waals surface area contributed by atoms with E-state index in [9.17, 15) is 13.2 Å². The molecule has 1 aliphatic rings. The molecule has 3 aromatic rings. The molecule has 1 amide bonds. The first-order valence-corrected chi connectivity index (χ1v) is 12.7. The molecular weight excluding hydrogens is 468 g/mol. The summed E-state index contributed by atoms with van der Waals surface area (Å²) in [7, 11) is -2.61. The Kier molecular flexibility index (Phi) is 7.16. The number of aryl methyl sites for hydroxylation is 1. The van der Waals surface area contributed by atoms with Gasteiger partial charge in [0.25, 0.3) is 15.9 Å². The fourth-order valence-corrected chi connectivity index (χ4v) is 5.02. The van der Waals surface area contributed by atoms with Crippen LogP contribution in [0.15, 0.2) is 65.6 Å². The molecule has 184 valence electrons. The van der Waals surface area contributed by atoms with Crippen molar-refractivity contribution in [2.24, 2.45) is 0 Å². The van der Waals surface area contributed by atoms with Crippen LogP contribution in [0.1, 0.15) is 28.4 Å². The molecule has 0 saturated carbocycles. The van der Waals surface area contributed by atoms with Gasteiger partial charge >= 0.3 is 0 Å². The van der Waals surface area contributed by atoms with Gasteiger partial charge in [0.15, 0.2) is 11.5 Å². The lowest BCUT2D eigenvalue weighted by molar-refractivity contribution is 0.0752. The fourth-order valence-electron chi connectivity index (χ4n) is 3.77. The van der Waals surface area contributed by atoms with Gasteiger partial charge in [-0.05, 0) is 61.9 Å². The van der Waals surface area contributed by atoms with Crippen LogP contribution < -0.4 is 18.9 Å². The van der Waals surface area contributed by atoms with Crippen LogP contribution in [0.25, 0.3) is 0 Å². The number of ether oxygens (including phenoxy) is 3. The number of hydrogen-bond acceptors (Lipinski definition) is 6. The lowest BCUT2D eigenvalue weighted by atomic mass is 10.1. The summed E-state index contributed by atoms with van der Waals surface area (Å²) < 4.78 is 45.4. The highest BCUT2D eigenvalue weighted by Crippen LogP contribution is 2.32. The highest BCUT2D eigenvalue weighted by Gasteiger charge is 2.24. The van der Waals surface area contributed by atoms with Gasteiger partial charge in [-0.3, -0.25) is 9.52 Å². The number of carbonyl (C=O) groups excluding carboxylic acids is 1. The maximum absolute atomic E-state index is 13.4. The second-order valence-corrected chi connectivity index (χ2v) is 9.79. The molecule has 1 heterocycles. The van der Waals surface area contributed by atoms with Gasteiger partial charge in [-0.25, -0.2) is 8.42 Å². The minimum Gasteiger partial charge on any atom is -0.495 e. The number of anilines is 1. The monoisotopic (exact) mass is 496 g/mol. The van der Waals surface area contributed by atoms with Crippen LogP contribution in [0.4, 0.5) is 5.69 Å². The van der Waals surface area contributed by atoms with E-state index in [-0.39, 0.29) is 22.1 Å². The average molecular weight is 497 g/mol. The van der Waals surface area contributed by atoms with Gasteiger partial charge in [0.05, 0.1) is 7.11 Å². The number of amides is 1. The van der Waals surface area contributed by atoms with E-state index in [1.165, 1.54) is 19.2 Å². The quantitative estimate of drug-likeness (QED) is 0.501. The number of hydrogen-bond donors (Lipinski definition) is 1. The molecule has 35 heavy (non-hydrogen) atoms. The summed E-state index contributed by atoms with van der Waals surface area (Å²) in [6.07, 6.45) is 0. The van der Waals surface area contributed by atoms with Gasteiger partial charge in [0.2, 0.25) is 0 Å². The number of methoxy groups -OCH3 is 1. The van der Waals surface area contributed by atoms with Gasteiger partial charge in [0, 0.05) is 24.3 Å². The van der Waals surface area contributed by atoms with E-state index in [2.05, 4.69) is 4.72 Å². The maximum atomic E-state index is 13.4. The van der Waals surface area contributed by atoms with E-state index in [1.54, 1.807) is 23.1 Å². The van der Waals surface area contributed by atoms with Crippen LogP contribution in [0.2, 0.25) is 0 Å². The number of carbonyl (C=O) groups is 1. The molecule has 0 bridgehead atoms. The van der Waals surface area contributed by atoms with Crippen LogP contribution in [-0.4, -0.2) is 46.1 Å². The zero-order valence-electron chi connectivity index (χ0n) is 19.9. The summed E-state index contributed by atoms with van der Waals surface area (Å²) >= 11 is 0. The Labute approximate surface area is 205 Å². The van der Waals surface area contributed by atoms with Crippen molar-refractivity contribution in [1.29, 1.82) is 0 Å². The lowest BCUT2D eigenvalue weighted by Crippen LogP contribution is -2.30. The summed E-state index contributed by atoms with van der Waals surface area (Å²) in [5.41, 5.74) is 2.56. The van der Waals surface area contributed by atoms with E-state index in [0.29, 0.717) is 43.5 Å². The van der Waals surface area contributed by atoms with Crippen LogP contribution in [0, 0.1) is 6.92 Å². The minimum absolute atomic E-state index is 0.109. The molecular formula is C26H28N2O6S. The smallest absolute Gasteiger partial charge is 0.265 e. The van der Waals surface area contributed by atoms with Crippen LogP contribution in [0.3, 0.4) is 0 Å². The Balaban J connectivity index is 1.59. The molecule has 0 saturated heterocycles. The number of rotatable bonds is 8. The van der Waals surface area contributed by atoms with Gasteiger partial charge < -0.3 is 19.1 Å². The van der Waals surface area contributed by atoms with Crippen molar-refractivity contribution < 1.29 is 27.4 Å². The van der Waals surface area contributed by atoms with E-state index < -0.39 is 10.0 Å². The molecule has 1 N–H and O–H groups in total. The molecule has 0 aromatic heterocycles. The molecule has 0 atom stereocenters. The van der Waals surface area contributed by atoms with Crippen molar-refractivity contribution in [2.75, 3.05) is 31.6 Å². The lowest BCUT2D eigenvalue weighted by Gasteiger charge is -2.23. The molecule has 0 fully saturated rings. The third kappa shape index (κ3) is 5.51. The number of nitrogens with one attached hydrogen (secondary N) is 1. The summed E-state index contributed by atoms with van der Waals surface area (Å²) in [6, 6.07) is 17.0. The highest BCUT2D eigenvalue weighted by atomic mass is 32.2. The predicted octanol–water partition coefficient (Wildman–Crippen LogP) is 4.24. The SMILES string of the molecule is CCN(Cc1ccc2c(c1)OCCO2)C(=O)c1ccc(OC)c(S(=O)(=O)Nc2ccc(C)cc2)c1. The molecule has 0 unspecified atom stereocenters. The number of sulfonamides is 1. The van der Waals surface area contributed by atoms with Crippen molar-refractivity contribution in [3.8, 4) is 17.2 Å². The average Bonchev–Trinajstić information content (AvgIpc) is 2.87. The van der Waals surface area contributed by atoms with Crippen LogP contribution >= 0.6 is 0 Å². The zero-order valence-corrected chi connectivity index (χ0v) is 20.7. The van der Waals surface area contributed by atoms with Crippen LogP contribution in [-0.2, 0) is 16.6 Å². The predicted molar refractivity (Wildman–Crippen MR) is 133 cm³/mol. The molecule has 0 radical (unpaired) electrons. The summed E-state index contributed by atoms with van der Waals surface area (Å²) in [5.74, 6) is 1.19. The van der Waals surface area contributed by atoms with Crippen molar-refractivity contribution in [1.82, 2.24) is 4.90 Å². The van der Waals surface area contributed by atoms with E-state index in [0.717, 1.165) is 11.1 Å². The zero-order chi connectivity index (χ0) is 25.0. The first kappa shape index (κ1) is 24.4. The molecule has 0 aliphatic carbocycles. The normalized spacial score (nSPS) is 12.7. The Morgan fingerprint density at radius 2 is 1.71 bits per heavy atom. The van der Waals surface area contributed by atoms with Crippen molar-refractivity contribution >= 4 is 21.6 Å². The largest absolute Gasteiger partial charge is 0.495 e. The summed E-state index contributed by atoms with van der Waals surface area (Å²) in [5, 5.41) is 0. The number of fused-ring (bicyclic) bond motifs is 1. The van der Waals surface area contributed by atoms with Gasteiger partial charge in [-0.15, -0.1) is 0 Å². The summed E-state index contributed by atoms with van der Waals surface area (Å²) in [6.45, 7) is 5.54. The molecule has 0 spiro atoms. The van der Waals surface area contributed by atoms with E-state index in [1.807, 2.05) is 44.2 Å². The highest BCUT2D eigenvalue weighted by molar-refractivity contribution is 7.92. The third-order valence-electron chi connectivity index (χ3n) is 5.65. The van der Waals surface area contributed by atoms with Crippen molar-refractivity contribution in [3.63, 3.8) is 0 Å². The van der Waals surface area contributed by atoms with Gasteiger partial charge in [-0.1, -0.05) is 23.8 Å². The topological polar surface area (TPSA) is 94.2 Å². The molecule has 1 aliphatic heterocycles. The summed E-state index contributed by atoms with van der Waals surface area (Å²) in [4.78, 5) is 14.9. The Morgan fingerprint density at radius 3 is 2.40 bits per heavy atom. The number of benzene rings is 3. The van der Waals surface area contributed by atoms with Gasteiger partial charge in [0.1, 0.15) is 23.9 Å². The van der Waals surface area contributed by atoms with E-state index >= 15 is 0 Å². The molecule has 9 heteroatoms. The van der Waals surface area contributed by atoms with Crippen LogP contribution in [0.5, 0.6) is 17.2 Å². The Morgan fingerprint density at radius 1 is 1.00 bits per heavy atom. The molecule has 4 rings (SSSR count). The second kappa shape index (κ2) is 10.3. The first-order valence-electron chi connectivity index (χ1n) is 11.3. The van der Waals surface area contributed by atoms with Crippen molar-refractivity contribution in [2.45, 2.75) is 25.3 Å². The Hall–Kier alpha value is -3.72. The van der Waals surface area contributed by atoms with Crippen molar-refractivity contribution in [3.05, 3.63) is 77.4 Å². The fraction of sp³-hybridized carbons (Fsp3) is 0.269. The van der Waals surface area contributed by atoms with E-state index in [4.69, 9.17) is 14.2 Å². The Bertz CT molecular complexity index is 1320. The molecule has 3 aromatic carbocycles. The third-order valence-corrected chi connectivity index (χ3v) is 7.06. The number of nitrogens with zero attached hydrogens (tertiary/aromatic N) is 1. The minimum atomic E-state index is -4.00. The first-order chi connectivity index (χ1) is 16.8. The van der Waals surface area contributed by atoms with Gasteiger partial charge in [-0.2, -0.15) is 0 Å².